The van der Waals surface area contributed by atoms with Crippen LogP contribution in [0, 0.1) is 0 Å². The molecule has 0 unspecified atom stereocenters. The van der Waals surface area contributed by atoms with Gasteiger partial charge in [-0.1, -0.05) is 6.58 Å². The zero-order chi connectivity index (χ0) is 29.4. The predicted octanol–water partition coefficient (Wildman–Crippen LogP) is 5.09. The van der Waals surface area contributed by atoms with Crippen LogP contribution in [0.2, 0.25) is 0 Å². The summed E-state index contributed by atoms with van der Waals surface area (Å²) >= 11 is 0. The van der Waals surface area contributed by atoms with Crippen LogP contribution < -0.4 is 0 Å². The molecule has 0 aliphatic carbocycles. The highest BCUT2D eigenvalue weighted by Gasteiger charge is 2.94. The van der Waals surface area contributed by atoms with E-state index in [1.807, 2.05) is 0 Å². The van der Waals surface area contributed by atoms with Gasteiger partial charge in [0, 0.05) is 19.7 Å². The number of ether oxygens (including phenoxy) is 1. The van der Waals surface area contributed by atoms with Crippen molar-refractivity contribution in [2.24, 2.45) is 0 Å². The fourth-order valence-electron chi connectivity index (χ4n) is 2.10. The quantitative estimate of drug-likeness (QED) is 0.130. The summed E-state index contributed by atoms with van der Waals surface area (Å²) in [5, 5.41) is -7.46. The molecule has 0 saturated carbocycles. The second-order valence-corrected chi connectivity index (χ2v) is 8.88. The van der Waals surface area contributed by atoms with Gasteiger partial charge in [0.2, 0.25) is 0 Å². The third-order valence-corrected chi connectivity index (χ3v) is 6.22. The molecule has 0 aromatic carbocycles. The lowest BCUT2D eigenvalue weighted by Gasteiger charge is -2.41. The van der Waals surface area contributed by atoms with Crippen molar-refractivity contribution in [3.05, 3.63) is 12.7 Å². The van der Waals surface area contributed by atoms with Gasteiger partial charge in [-0.3, -0.25) is 0 Å². The molecule has 0 atom stereocenters. The van der Waals surface area contributed by atoms with E-state index in [2.05, 4.69) is 11.3 Å². The zero-order valence-electron chi connectivity index (χ0n) is 17.3. The maximum absolute atomic E-state index is 14.0. The normalized spacial score (nSPS) is 15.2. The molecule has 0 rings (SSSR count). The molecule has 5 nitrogen and oxygen atoms in total. The van der Waals surface area contributed by atoms with Crippen LogP contribution in [0.3, 0.4) is 0 Å². The molecule has 0 aliphatic heterocycles. The minimum absolute atomic E-state index is 0.00221. The molecule has 0 aromatic rings. The van der Waals surface area contributed by atoms with Crippen molar-refractivity contribution in [1.29, 1.82) is 0 Å². The Balaban J connectivity index is 6.20. The van der Waals surface area contributed by atoms with Crippen molar-refractivity contribution in [3.8, 4) is 0 Å². The van der Waals surface area contributed by atoms with E-state index in [4.69, 9.17) is 0 Å². The Bertz CT molecular complexity index is 914. The molecule has 0 aromatic heterocycles. The average molecular weight is 589 g/mol. The zero-order valence-corrected chi connectivity index (χ0v) is 18.1. The van der Waals surface area contributed by atoms with Crippen LogP contribution in [-0.2, 0) is 19.6 Å². The number of hydrogen-bond acceptors (Lipinski definition) is 4. The van der Waals surface area contributed by atoms with E-state index in [0.29, 0.717) is 6.08 Å². The van der Waals surface area contributed by atoms with E-state index in [1.165, 1.54) is 0 Å². The van der Waals surface area contributed by atoms with Gasteiger partial charge in [0.05, 0.1) is 6.61 Å². The van der Waals surface area contributed by atoms with Crippen molar-refractivity contribution in [2.45, 2.75) is 53.9 Å². The first kappa shape index (κ1) is 34.1. The number of hydrogen-bond donors (Lipinski definition) is 0. The van der Waals surface area contributed by atoms with Gasteiger partial charge in [-0.15, -0.1) is 0 Å². The molecule has 214 valence electrons. The van der Waals surface area contributed by atoms with Gasteiger partial charge >= 0.3 is 47.0 Å². The summed E-state index contributed by atoms with van der Waals surface area (Å²) in [5.74, 6) is -42.9. The molecule has 0 heterocycles. The minimum Gasteiger partial charge on any atom is -0.463 e. The van der Waals surface area contributed by atoms with Crippen molar-refractivity contribution < 1.29 is 83.8 Å². The molecular weight excluding hydrogens is 575 g/mol. The maximum atomic E-state index is 14.0. The summed E-state index contributed by atoms with van der Waals surface area (Å²) in [7, 11) is -7.20. The minimum atomic E-state index is -8.59. The molecule has 0 fully saturated rings. The Hall–Kier alpha value is -1.93. The summed E-state index contributed by atoms with van der Waals surface area (Å²) in [6.07, 6.45) is -8.15. The summed E-state index contributed by atoms with van der Waals surface area (Å²) in [5.41, 5.74) is 0. The van der Waals surface area contributed by atoms with Crippen LogP contribution in [0.4, 0.5) is 65.9 Å². The Kier molecular flexibility index (Phi) is 9.55. The lowest BCUT2D eigenvalue weighted by atomic mass is 9.94. The molecule has 21 heteroatoms. The lowest BCUT2D eigenvalue weighted by Crippen LogP contribution is -2.73. The number of carbonyl (C=O) groups is 1. The monoisotopic (exact) mass is 589 g/mol. The van der Waals surface area contributed by atoms with Crippen LogP contribution in [0.5, 0.6) is 0 Å². The molecule has 0 radical (unpaired) electrons. The number of nitrogens with zero attached hydrogens (tertiary/aromatic N) is 1. The third kappa shape index (κ3) is 5.21. The SMILES string of the molecule is C=CC(=O)OCCCCN(C)S(=O)(=O)C(F)(F)C(F)(F)C(F)(F)C(F)(F)C(F)(F)C(F)(F)C(F)(F)F. The smallest absolute Gasteiger partial charge is 0.460 e. The summed E-state index contributed by atoms with van der Waals surface area (Å²) in [6, 6.07) is 0. The van der Waals surface area contributed by atoms with E-state index >= 15 is 0 Å². The van der Waals surface area contributed by atoms with Crippen LogP contribution in [-0.4, -0.2) is 79.9 Å². The van der Waals surface area contributed by atoms with Gasteiger partial charge in [0.25, 0.3) is 10.0 Å². The fraction of sp³-hybridized carbons (Fsp3) is 0.800. The molecule has 0 saturated heterocycles. The number of esters is 1. The third-order valence-electron chi connectivity index (χ3n) is 4.31. The highest BCUT2D eigenvalue weighted by molar-refractivity contribution is 7.90. The maximum Gasteiger partial charge on any atom is 0.460 e. The Morgan fingerprint density at radius 2 is 1.14 bits per heavy atom. The largest absolute Gasteiger partial charge is 0.463 e. The van der Waals surface area contributed by atoms with Crippen molar-refractivity contribution in [3.63, 3.8) is 0 Å². The molecule has 0 aliphatic rings. The van der Waals surface area contributed by atoms with Gasteiger partial charge in [0.1, 0.15) is 0 Å². The standard InChI is InChI=1S/C15H14F15NO4S/c1-3-8(32)35-7-5-4-6-31(2)36(33,34)15(29,30)13(24,25)11(20,21)9(16,17)10(18,19)12(22,23)14(26,27)28/h3H,1,4-7H2,2H3. The van der Waals surface area contributed by atoms with E-state index in [0.717, 1.165) is 0 Å². The number of halogens is 15. The van der Waals surface area contributed by atoms with Crippen molar-refractivity contribution in [1.82, 2.24) is 4.31 Å². The fourth-order valence-corrected chi connectivity index (χ4v) is 3.31. The predicted molar refractivity (Wildman–Crippen MR) is 87.7 cm³/mol. The molecule has 0 amide bonds. The Morgan fingerprint density at radius 1 is 0.750 bits per heavy atom. The van der Waals surface area contributed by atoms with Gasteiger partial charge in [-0.25, -0.2) is 13.2 Å². The summed E-state index contributed by atoms with van der Waals surface area (Å²) < 4.78 is 225. The lowest BCUT2D eigenvalue weighted by molar-refractivity contribution is -0.447. The van der Waals surface area contributed by atoms with Gasteiger partial charge in [-0.05, 0) is 12.8 Å². The Labute approximate surface area is 191 Å². The highest BCUT2D eigenvalue weighted by atomic mass is 32.2. The van der Waals surface area contributed by atoms with E-state index in [1.54, 1.807) is 0 Å². The van der Waals surface area contributed by atoms with Gasteiger partial charge in [0.15, 0.2) is 0 Å². The first-order chi connectivity index (χ1) is 15.6. The van der Waals surface area contributed by atoms with Crippen LogP contribution >= 0.6 is 0 Å². The second-order valence-electron chi connectivity index (χ2n) is 6.79. The molecular formula is C15H14F15NO4S. The van der Waals surface area contributed by atoms with Gasteiger partial charge < -0.3 is 4.74 Å². The number of rotatable bonds is 13. The molecule has 0 N–H and O–H groups in total. The average Bonchev–Trinajstić information content (AvgIpc) is 2.71. The van der Waals surface area contributed by atoms with Gasteiger partial charge in [-0.2, -0.15) is 70.2 Å². The second kappa shape index (κ2) is 10.1. The molecule has 0 bridgehead atoms. The van der Waals surface area contributed by atoms with E-state index in [-0.39, 0.29) is 7.05 Å². The first-order valence-electron chi connectivity index (χ1n) is 8.71. The Morgan fingerprint density at radius 3 is 1.53 bits per heavy atom. The van der Waals surface area contributed by atoms with E-state index < -0.39 is 87.3 Å². The first-order valence-corrected chi connectivity index (χ1v) is 10.2. The summed E-state index contributed by atoms with van der Waals surface area (Å²) in [4.78, 5) is 10.7. The van der Waals surface area contributed by atoms with Crippen LogP contribution in [0.15, 0.2) is 12.7 Å². The van der Waals surface area contributed by atoms with Crippen molar-refractivity contribution >= 4 is 16.0 Å². The van der Waals surface area contributed by atoms with Crippen LogP contribution in [0.1, 0.15) is 12.8 Å². The summed E-state index contributed by atoms with van der Waals surface area (Å²) in [6.45, 7) is 1.14. The van der Waals surface area contributed by atoms with Crippen molar-refractivity contribution in [2.75, 3.05) is 20.2 Å². The van der Waals surface area contributed by atoms with E-state index in [9.17, 15) is 79.1 Å². The number of sulfonamides is 1. The number of carbonyl (C=O) groups excluding carboxylic acids is 1. The topological polar surface area (TPSA) is 63.7 Å². The molecule has 0 spiro atoms. The molecule has 36 heavy (non-hydrogen) atoms. The van der Waals surface area contributed by atoms with Crippen LogP contribution in [0.25, 0.3) is 0 Å². The number of alkyl halides is 15. The number of unbranched alkanes of at least 4 members (excludes halogenated alkanes) is 1. The highest BCUT2D eigenvalue weighted by Crippen LogP contribution is 2.63.